The van der Waals surface area contributed by atoms with Crippen LogP contribution in [0.25, 0.3) is 0 Å². The average Bonchev–Trinajstić information content (AvgIpc) is 3.01. The standard InChI is InChI=1S/C18H23N5O2/c1-2-25-16-9-15(18(16)6-4-7-18)20-17(24)14-12-23(22-21-14)11-13-5-3-8-19-10-13/h3,5,8,10,12,15-16H,2,4,6-7,9,11H2,1H3,(H,20,24)/t15-,16-/m0/s1. The van der Waals surface area contributed by atoms with Crippen molar-refractivity contribution in [2.24, 2.45) is 5.41 Å². The number of carbonyl (C=O) groups excluding carboxylic acids is 1. The van der Waals surface area contributed by atoms with Gasteiger partial charge in [0.1, 0.15) is 0 Å². The van der Waals surface area contributed by atoms with Crippen molar-refractivity contribution in [3.05, 3.63) is 42.0 Å². The molecule has 2 heterocycles. The second kappa shape index (κ2) is 6.55. The van der Waals surface area contributed by atoms with Gasteiger partial charge in [0.05, 0.1) is 18.8 Å². The molecule has 0 saturated heterocycles. The van der Waals surface area contributed by atoms with E-state index in [-0.39, 0.29) is 23.5 Å². The Morgan fingerprint density at radius 3 is 3.04 bits per heavy atom. The van der Waals surface area contributed by atoms with Gasteiger partial charge >= 0.3 is 0 Å². The number of rotatable bonds is 6. The lowest BCUT2D eigenvalue weighted by molar-refractivity contribution is -0.169. The summed E-state index contributed by atoms with van der Waals surface area (Å²) < 4.78 is 7.50. The second-order valence-electron chi connectivity index (χ2n) is 6.96. The molecule has 2 aromatic rings. The first-order chi connectivity index (χ1) is 12.2. The van der Waals surface area contributed by atoms with Crippen molar-refractivity contribution in [1.29, 1.82) is 0 Å². The van der Waals surface area contributed by atoms with Gasteiger partial charge in [-0.05, 0) is 37.8 Å². The quantitative estimate of drug-likeness (QED) is 0.866. The molecule has 2 aliphatic carbocycles. The van der Waals surface area contributed by atoms with Gasteiger partial charge in [-0.1, -0.05) is 17.7 Å². The van der Waals surface area contributed by atoms with Crippen molar-refractivity contribution >= 4 is 5.91 Å². The monoisotopic (exact) mass is 341 g/mol. The van der Waals surface area contributed by atoms with Gasteiger partial charge in [-0.2, -0.15) is 0 Å². The van der Waals surface area contributed by atoms with Gasteiger partial charge in [0.25, 0.3) is 5.91 Å². The zero-order valence-electron chi connectivity index (χ0n) is 14.4. The summed E-state index contributed by atoms with van der Waals surface area (Å²) in [6, 6.07) is 4.04. The fourth-order valence-electron chi connectivity index (χ4n) is 4.03. The first kappa shape index (κ1) is 16.2. The summed E-state index contributed by atoms with van der Waals surface area (Å²) in [7, 11) is 0. The van der Waals surface area contributed by atoms with Crippen LogP contribution in [-0.4, -0.2) is 44.6 Å². The normalized spacial score (nSPS) is 23.7. The predicted molar refractivity (Wildman–Crippen MR) is 90.9 cm³/mol. The molecule has 2 atom stereocenters. The third-order valence-electron chi connectivity index (χ3n) is 5.58. The summed E-state index contributed by atoms with van der Waals surface area (Å²) in [6.07, 6.45) is 9.87. The summed E-state index contributed by atoms with van der Waals surface area (Å²) in [5.41, 5.74) is 1.53. The Kier molecular flexibility index (Phi) is 4.25. The minimum absolute atomic E-state index is 0.149. The molecule has 2 aromatic heterocycles. The summed E-state index contributed by atoms with van der Waals surface area (Å²) >= 11 is 0. The van der Waals surface area contributed by atoms with Gasteiger partial charge in [-0.25, -0.2) is 4.68 Å². The Labute approximate surface area is 146 Å². The number of nitrogens with one attached hydrogen (secondary N) is 1. The molecular formula is C18H23N5O2. The van der Waals surface area contributed by atoms with Crippen LogP contribution in [0, 0.1) is 5.41 Å². The summed E-state index contributed by atoms with van der Waals surface area (Å²) in [4.78, 5) is 16.6. The summed E-state index contributed by atoms with van der Waals surface area (Å²) in [5.74, 6) is -0.149. The molecule has 4 rings (SSSR count). The Morgan fingerprint density at radius 2 is 2.36 bits per heavy atom. The highest BCUT2D eigenvalue weighted by atomic mass is 16.5. The van der Waals surface area contributed by atoms with Crippen LogP contribution in [0.3, 0.4) is 0 Å². The molecule has 0 bridgehead atoms. The molecule has 0 unspecified atom stereocenters. The van der Waals surface area contributed by atoms with Crippen LogP contribution in [0.1, 0.15) is 48.7 Å². The number of amides is 1. The molecule has 0 aliphatic heterocycles. The summed E-state index contributed by atoms with van der Waals surface area (Å²) in [6.45, 7) is 3.31. The molecule has 7 nitrogen and oxygen atoms in total. The number of pyridine rings is 1. The number of aromatic nitrogens is 4. The molecule has 25 heavy (non-hydrogen) atoms. The lowest BCUT2D eigenvalue weighted by atomic mass is 9.51. The van der Waals surface area contributed by atoms with Crippen LogP contribution < -0.4 is 5.32 Å². The molecule has 2 saturated carbocycles. The fraction of sp³-hybridized carbons (Fsp3) is 0.556. The van der Waals surface area contributed by atoms with Gasteiger partial charge in [0.2, 0.25) is 0 Å². The lowest BCUT2D eigenvalue weighted by Crippen LogP contribution is -2.67. The van der Waals surface area contributed by atoms with E-state index in [9.17, 15) is 4.79 Å². The van der Waals surface area contributed by atoms with E-state index in [2.05, 4.69) is 20.6 Å². The van der Waals surface area contributed by atoms with Crippen molar-refractivity contribution in [2.45, 2.75) is 51.3 Å². The number of ether oxygens (including phenoxy) is 1. The Balaban J connectivity index is 1.38. The Morgan fingerprint density at radius 1 is 1.48 bits per heavy atom. The van der Waals surface area contributed by atoms with E-state index < -0.39 is 0 Å². The first-order valence-corrected chi connectivity index (χ1v) is 8.93. The van der Waals surface area contributed by atoms with Crippen LogP contribution in [0.2, 0.25) is 0 Å². The maximum absolute atomic E-state index is 12.5. The minimum Gasteiger partial charge on any atom is -0.378 e. The topological polar surface area (TPSA) is 81.9 Å². The van der Waals surface area contributed by atoms with Crippen LogP contribution in [-0.2, 0) is 11.3 Å². The van der Waals surface area contributed by atoms with E-state index in [0.29, 0.717) is 12.2 Å². The molecule has 2 aliphatic rings. The van der Waals surface area contributed by atoms with Crippen LogP contribution in [0.5, 0.6) is 0 Å². The molecule has 132 valence electrons. The Hall–Kier alpha value is -2.28. The smallest absolute Gasteiger partial charge is 0.273 e. The van der Waals surface area contributed by atoms with Crippen molar-refractivity contribution < 1.29 is 9.53 Å². The van der Waals surface area contributed by atoms with E-state index in [1.165, 1.54) is 6.42 Å². The van der Waals surface area contributed by atoms with Gasteiger partial charge in [0.15, 0.2) is 5.69 Å². The van der Waals surface area contributed by atoms with Gasteiger partial charge < -0.3 is 10.1 Å². The Bertz CT molecular complexity index is 741. The highest BCUT2D eigenvalue weighted by molar-refractivity contribution is 5.92. The molecule has 0 aromatic carbocycles. The van der Waals surface area contributed by atoms with Crippen molar-refractivity contribution in [3.8, 4) is 0 Å². The summed E-state index contributed by atoms with van der Waals surface area (Å²) in [5, 5.41) is 11.2. The van der Waals surface area contributed by atoms with E-state index >= 15 is 0 Å². The molecule has 1 N–H and O–H groups in total. The molecule has 1 amide bonds. The van der Waals surface area contributed by atoms with Crippen LogP contribution in [0.4, 0.5) is 0 Å². The molecule has 1 spiro atoms. The second-order valence-corrected chi connectivity index (χ2v) is 6.96. The van der Waals surface area contributed by atoms with E-state index in [1.807, 2.05) is 19.1 Å². The highest BCUT2D eigenvalue weighted by Gasteiger charge is 2.59. The van der Waals surface area contributed by atoms with Crippen LogP contribution >= 0.6 is 0 Å². The maximum atomic E-state index is 12.5. The van der Waals surface area contributed by atoms with E-state index in [4.69, 9.17) is 4.74 Å². The van der Waals surface area contributed by atoms with Gasteiger partial charge in [0, 0.05) is 30.5 Å². The SMILES string of the molecule is CCO[C@H]1C[C@H](NC(=O)c2cn(Cc3cccnc3)nn2)C12CCC2. The minimum atomic E-state index is -0.149. The first-order valence-electron chi connectivity index (χ1n) is 8.93. The van der Waals surface area contributed by atoms with Crippen molar-refractivity contribution in [3.63, 3.8) is 0 Å². The molecule has 2 fully saturated rings. The number of hydrogen-bond acceptors (Lipinski definition) is 5. The fourth-order valence-corrected chi connectivity index (χ4v) is 4.03. The number of carbonyl (C=O) groups is 1. The molecular weight excluding hydrogens is 318 g/mol. The van der Waals surface area contributed by atoms with Crippen molar-refractivity contribution in [2.75, 3.05) is 6.61 Å². The third kappa shape index (κ3) is 2.93. The average molecular weight is 341 g/mol. The van der Waals surface area contributed by atoms with Gasteiger partial charge in [-0.3, -0.25) is 9.78 Å². The lowest BCUT2D eigenvalue weighted by Gasteiger charge is -2.60. The zero-order valence-corrected chi connectivity index (χ0v) is 14.4. The van der Waals surface area contributed by atoms with Gasteiger partial charge in [-0.15, -0.1) is 5.10 Å². The van der Waals surface area contributed by atoms with E-state index in [0.717, 1.165) is 31.4 Å². The maximum Gasteiger partial charge on any atom is 0.273 e. The zero-order chi connectivity index (χ0) is 17.3. The van der Waals surface area contributed by atoms with E-state index in [1.54, 1.807) is 23.3 Å². The van der Waals surface area contributed by atoms with Crippen LogP contribution in [0.15, 0.2) is 30.7 Å². The third-order valence-corrected chi connectivity index (χ3v) is 5.58. The number of hydrogen-bond donors (Lipinski definition) is 1. The largest absolute Gasteiger partial charge is 0.378 e. The molecule has 0 radical (unpaired) electrons. The number of nitrogens with zero attached hydrogens (tertiary/aromatic N) is 4. The predicted octanol–water partition coefficient (Wildman–Crippen LogP) is 1.80. The highest BCUT2D eigenvalue weighted by Crippen LogP contribution is 2.57. The molecule has 7 heteroatoms. The van der Waals surface area contributed by atoms with Crippen molar-refractivity contribution in [1.82, 2.24) is 25.3 Å².